The first kappa shape index (κ1) is 18.9. The summed E-state index contributed by atoms with van der Waals surface area (Å²) < 4.78 is 15.3. The van der Waals surface area contributed by atoms with Crippen molar-refractivity contribution in [3.63, 3.8) is 0 Å². The zero-order valence-corrected chi connectivity index (χ0v) is 14.4. The lowest BCUT2D eigenvalue weighted by Gasteiger charge is -2.08. The fourth-order valence-electron chi connectivity index (χ4n) is 1.74. The maximum absolute atomic E-state index is 11.8. The summed E-state index contributed by atoms with van der Waals surface area (Å²) in [5.41, 5.74) is 0.816. The molecule has 0 spiro atoms. The van der Waals surface area contributed by atoms with E-state index >= 15 is 0 Å². The molecule has 0 saturated heterocycles. The molecule has 1 amide bonds. The number of rotatable bonds is 8. The van der Waals surface area contributed by atoms with Crippen molar-refractivity contribution in [2.24, 2.45) is 0 Å². The molecule has 0 unspecified atom stereocenters. The van der Waals surface area contributed by atoms with Crippen LogP contribution in [0.3, 0.4) is 0 Å². The summed E-state index contributed by atoms with van der Waals surface area (Å²) in [6, 6.07) is 5.38. The van der Waals surface area contributed by atoms with Gasteiger partial charge < -0.3 is 19.5 Å². The second-order valence-corrected chi connectivity index (χ2v) is 4.95. The van der Waals surface area contributed by atoms with Crippen LogP contribution in [0.25, 0.3) is 6.08 Å². The molecule has 1 aromatic carbocycles. The molecular weight excluding hydrogens is 316 g/mol. The lowest BCUT2D eigenvalue weighted by atomic mass is 10.2. The minimum absolute atomic E-state index is 0.295. The number of thiocarbonyl (C=S) groups is 1. The normalized spacial score (nSPS) is 10.4. The Balaban J connectivity index is 2.50. The molecular formula is C16H22N2O4S. The van der Waals surface area contributed by atoms with Crippen molar-refractivity contribution in [3.05, 3.63) is 29.8 Å². The molecule has 0 aliphatic heterocycles. The predicted octanol–water partition coefficient (Wildman–Crippen LogP) is 1.74. The minimum atomic E-state index is -0.302. The maximum Gasteiger partial charge on any atom is 0.250 e. The molecule has 0 aromatic heterocycles. The average molecular weight is 338 g/mol. The Bertz CT molecular complexity index is 561. The molecule has 0 fully saturated rings. The summed E-state index contributed by atoms with van der Waals surface area (Å²) in [7, 11) is 4.77. The number of benzene rings is 1. The highest BCUT2D eigenvalue weighted by Gasteiger charge is 2.04. The van der Waals surface area contributed by atoms with Gasteiger partial charge in [0.1, 0.15) is 0 Å². The molecule has 0 radical (unpaired) electrons. The van der Waals surface area contributed by atoms with Gasteiger partial charge in [0.05, 0.1) is 14.2 Å². The van der Waals surface area contributed by atoms with Gasteiger partial charge in [-0.15, -0.1) is 0 Å². The van der Waals surface area contributed by atoms with Crippen molar-refractivity contribution in [1.82, 2.24) is 10.6 Å². The van der Waals surface area contributed by atoms with Gasteiger partial charge in [-0.1, -0.05) is 6.07 Å². The summed E-state index contributed by atoms with van der Waals surface area (Å²) in [5, 5.41) is 5.80. The van der Waals surface area contributed by atoms with Gasteiger partial charge >= 0.3 is 0 Å². The molecule has 0 atom stereocenters. The summed E-state index contributed by atoms with van der Waals surface area (Å²) >= 11 is 5.03. The van der Waals surface area contributed by atoms with E-state index < -0.39 is 0 Å². The smallest absolute Gasteiger partial charge is 0.250 e. The Morgan fingerprint density at radius 2 is 1.96 bits per heavy atom. The average Bonchev–Trinajstić information content (AvgIpc) is 2.56. The fourth-order valence-corrected chi connectivity index (χ4v) is 1.95. The Labute approximate surface area is 141 Å². The van der Waals surface area contributed by atoms with Gasteiger partial charge in [0, 0.05) is 26.3 Å². The number of nitrogens with one attached hydrogen (secondary N) is 2. The van der Waals surface area contributed by atoms with Gasteiger partial charge in [-0.2, -0.15) is 0 Å². The summed E-state index contributed by atoms with van der Waals surface area (Å²) in [6.45, 7) is 1.29. The van der Waals surface area contributed by atoms with Crippen LogP contribution in [0.15, 0.2) is 24.3 Å². The van der Waals surface area contributed by atoms with Gasteiger partial charge in [0.15, 0.2) is 16.6 Å². The lowest BCUT2D eigenvalue weighted by molar-refractivity contribution is -0.115. The van der Waals surface area contributed by atoms with Crippen molar-refractivity contribution in [2.75, 3.05) is 34.5 Å². The molecule has 0 heterocycles. The van der Waals surface area contributed by atoms with Gasteiger partial charge in [-0.3, -0.25) is 10.1 Å². The quantitative estimate of drug-likeness (QED) is 0.428. The van der Waals surface area contributed by atoms with E-state index in [1.54, 1.807) is 39.5 Å². The van der Waals surface area contributed by atoms with Crippen LogP contribution < -0.4 is 20.1 Å². The number of methoxy groups -OCH3 is 3. The lowest BCUT2D eigenvalue weighted by Crippen LogP contribution is -2.39. The van der Waals surface area contributed by atoms with Crippen LogP contribution in [0.2, 0.25) is 0 Å². The van der Waals surface area contributed by atoms with Crippen LogP contribution in [0.1, 0.15) is 12.0 Å². The molecule has 126 valence electrons. The van der Waals surface area contributed by atoms with Crippen molar-refractivity contribution in [1.29, 1.82) is 0 Å². The fraction of sp³-hybridized carbons (Fsp3) is 0.375. The Hall–Kier alpha value is -2.12. The SMILES string of the molecule is COCCCNC(=S)NC(=O)/C=C/c1ccc(OC)c(OC)c1. The third-order valence-electron chi connectivity index (χ3n) is 2.88. The predicted molar refractivity (Wildman–Crippen MR) is 93.8 cm³/mol. The summed E-state index contributed by atoms with van der Waals surface area (Å²) in [6.07, 6.45) is 3.89. The number of ether oxygens (including phenoxy) is 3. The molecule has 0 aliphatic carbocycles. The second-order valence-electron chi connectivity index (χ2n) is 4.54. The zero-order chi connectivity index (χ0) is 17.1. The minimum Gasteiger partial charge on any atom is -0.493 e. The number of hydrogen-bond donors (Lipinski definition) is 2. The molecule has 23 heavy (non-hydrogen) atoms. The maximum atomic E-state index is 11.8. The van der Waals surface area contributed by atoms with Crippen LogP contribution in [-0.2, 0) is 9.53 Å². The van der Waals surface area contributed by atoms with Crippen LogP contribution in [0.4, 0.5) is 0 Å². The Morgan fingerprint density at radius 3 is 2.61 bits per heavy atom. The first-order valence-corrected chi connectivity index (χ1v) is 7.49. The van der Waals surface area contributed by atoms with Gasteiger partial charge in [-0.05, 0) is 42.4 Å². The largest absolute Gasteiger partial charge is 0.493 e. The third-order valence-corrected chi connectivity index (χ3v) is 3.13. The zero-order valence-electron chi connectivity index (χ0n) is 13.5. The summed E-state index contributed by atoms with van der Waals surface area (Å²) in [5.74, 6) is 0.935. The third kappa shape index (κ3) is 7.12. The van der Waals surface area contributed by atoms with Crippen molar-refractivity contribution < 1.29 is 19.0 Å². The molecule has 0 bridgehead atoms. The highest BCUT2D eigenvalue weighted by atomic mass is 32.1. The molecule has 0 aliphatic rings. The topological polar surface area (TPSA) is 68.8 Å². The first-order chi connectivity index (χ1) is 11.1. The van der Waals surface area contributed by atoms with E-state index in [0.29, 0.717) is 29.8 Å². The van der Waals surface area contributed by atoms with E-state index in [1.165, 1.54) is 6.08 Å². The number of hydrogen-bond acceptors (Lipinski definition) is 5. The molecule has 6 nitrogen and oxygen atoms in total. The van der Waals surface area contributed by atoms with Crippen molar-refractivity contribution in [2.45, 2.75) is 6.42 Å². The van der Waals surface area contributed by atoms with Crippen LogP contribution >= 0.6 is 12.2 Å². The number of carbonyl (C=O) groups excluding carboxylic acids is 1. The molecule has 1 aromatic rings. The highest BCUT2D eigenvalue weighted by molar-refractivity contribution is 7.80. The number of amides is 1. The van der Waals surface area contributed by atoms with E-state index in [4.69, 9.17) is 26.4 Å². The molecule has 2 N–H and O–H groups in total. The van der Waals surface area contributed by atoms with E-state index in [9.17, 15) is 4.79 Å². The van der Waals surface area contributed by atoms with Crippen LogP contribution in [-0.4, -0.2) is 45.5 Å². The van der Waals surface area contributed by atoms with E-state index in [-0.39, 0.29) is 5.91 Å². The first-order valence-electron chi connectivity index (χ1n) is 7.08. The Morgan fingerprint density at radius 1 is 1.22 bits per heavy atom. The Kier molecular flexibility index (Phi) is 8.71. The van der Waals surface area contributed by atoms with E-state index in [0.717, 1.165) is 12.0 Å². The van der Waals surface area contributed by atoms with Crippen LogP contribution in [0.5, 0.6) is 11.5 Å². The van der Waals surface area contributed by atoms with Gasteiger partial charge in [0.2, 0.25) is 5.91 Å². The van der Waals surface area contributed by atoms with Crippen molar-refractivity contribution >= 4 is 29.3 Å². The molecule has 7 heteroatoms. The van der Waals surface area contributed by atoms with Crippen molar-refractivity contribution in [3.8, 4) is 11.5 Å². The van der Waals surface area contributed by atoms with E-state index in [2.05, 4.69) is 10.6 Å². The molecule has 1 rings (SSSR count). The monoisotopic (exact) mass is 338 g/mol. The van der Waals surface area contributed by atoms with Crippen LogP contribution in [0, 0.1) is 0 Å². The van der Waals surface area contributed by atoms with Gasteiger partial charge in [0.25, 0.3) is 0 Å². The number of carbonyl (C=O) groups is 1. The second kappa shape index (κ2) is 10.6. The van der Waals surface area contributed by atoms with Gasteiger partial charge in [-0.25, -0.2) is 0 Å². The highest BCUT2D eigenvalue weighted by Crippen LogP contribution is 2.27. The summed E-state index contributed by atoms with van der Waals surface area (Å²) in [4.78, 5) is 11.8. The van der Waals surface area contributed by atoms with E-state index in [1.807, 2.05) is 6.07 Å². The standard InChI is InChI=1S/C16H22N2O4S/c1-20-10-4-9-17-16(23)18-15(19)8-6-12-5-7-13(21-2)14(11-12)22-3/h5-8,11H,4,9-10H2,1-3H3,(H2,17,18,19,23)/b8-6+. The molecule has 0 saturated carbocycles.